The number of imidazole rings is 1. The summed E-state index contributed by atoms with van der Waals surface area (Å²) in [7, 11) is 0. The molecule has 0 amide bonds. The molecule has 5 heteroatoms. The Kier molecular flexibility index (Phi) is 5.53. The number of H-pyrrole nitrogens is 1. The van der Waals surface area contributed by atoms with Gasteiger partial charge in [-0.05, 0) is 35.0 Å². The van der Waals surface area contributed by atoms with Gasteiger partial charge >= 0.3 is 0 Å². The standard InChI is InChI=1S/C29H17Br2ClN2/c30-19-13-9-17(10-14-19)27-28(18-11-15-20(31)16-12-18)34-29(33-27)25-21-5-1-3-7-23(21)26(32)24-8-4-2-6-22(24)25/h1-16H,(H,33,34). The summed E-state index contributed by atoms with van der Waals surface area (Å²) in [5, 5.41) is 4.95. The summed E-state index contributed by atoms with van der Waals surface area (Å²) in [6, 6.07) is 33.1. The van der Waals surface area contributed by atoms with Crippen molar-refractivity contribution < 1.29 is 0 Å². The van der Waals surface area contributed by atoms with Crippen molar-refractivity contribution in [2.45, 2.75) is 0 Å². The predicted octanol–water partition coefficient (Wildman–Crippen LogP) is 9.90. The van der Waals surface area contributed by atoms with Gasteiger partial charge < -0.3 is 4.98 Å². The second kappa shape index (κ2) is 8.70. The van der Waals surface area contributed by atoms with Crippen molar-refractivity contribution >= 4 is 65.0 Å². The van der Waals surface area contributed by atoms with E-state index in [1.807, 2.05) is 48.5 Å². The van der Waals surface area contributed by atoms with Gasteiger partial charge in [0.1, 0.15) is 5.82 Å². The van der Waals surface area contributed by atoms with Gasteiger partial charge in [0.25, 0.3) is 0 Å². The maximum absolute atomic E-state index is 6.85. The van der Waals surface area contributed by atoms with Gasteiger partial charge in [-0.15, -0.1) is 0 Å². The lowest BCUT2D eigenvalue weighted by Gasteiger charge is -2.12. The van der Waals surface area contributed by atoms with Crippen molar-refractivity contribution in [2.75, 3.05) is 0 Å². The number of aromatic amines is 1. The zero-order valence-electron chi connectivity index (χ0n) is 17.8. The first-order valence-electron chi connectivity index (χ1n) is 10.8. The summed E-state index contributed by atoms with van der Waals surface area (Å²) in [5.41, 5.74) is 5.06. The Morgan fingerprint density at radius 1 is 0.588 bits per heavy atom. The average Bonchev–Trinajstić information content (AvgIpc) is 3.30. The topological polar surface area (TPSA) is 28.7 Å². The third kappa shape index (κ3) is 3.67. The first kappa shape index (κ1) is 21.6. The molecular formula is C29H17Br2ClN2. The van der Waals surface area contributed by atoms with Gasteiger partial charge in [-0.25, -0.2) is 4.98 Å². The zero-order chi connectivity index (χ0) is 23.2. The Morgan fingerprint density at radius 2 is 1.06 bits per heavy atom. The van der Waals surface area contributed by atoms with Crippen LogP contribution in [0.25, 0.3) is 55.4 Å². The quantitative estimate of drug-likeness (QED) is 0.205. The molecule has 34 heavy (non-hydrogen) atoms. The average molecular weight is 589 g/mol. The van der Waals surface area contributed by atoms with Gasteiger partial charge in [0.2, 0.25) is 0 Å². The molecule has 2 nitrogen and oxygen atoms in total. The maximum Gasteiger partial charge on any atom is 0.139 e. The minimum Gasteiger partial charge on any atom is -0.337 e. The first-order valence-corrected chi connectivity index (χ1v) is 12.8. The number of hydrogen-bond acceptors (Lipinski definition) is 1. The van der Waals surface area contributed by atoms with E-state index in [0.717, 1.165) is 69.4 Å². The lowest BCUT2D eigenvalue weighted by molar-refractivity contribution is 1.32. The van der Waals surface area contributed by atoms with Gasteiger partial charge in [-0.1, -0.05) is 116 Å². The Bertz CT molecular complexity index is 1550. The van der Waals surface area contributed by atoms with E-state index in [1.165, 1.54) is 0 Å². The highest BCUT2D eigenvalue weighted by atomic mass is 79.9. The van der Waals surface area contributed by atoms with E-state index < -0.39 is 0 Å². The Balaban J connectivity index is 1.69. The molecule has 0 atom stereocenters. The van der Waals surface area contributed by atoms with Crippen LogP contribution in [0.4, 0.5) is 0 Å². The molecule has 0 radical (unpaired) electrons. The Morgan fingerprint density at radius 3 is 1.59 bits per heavy atom. The minimum absolute atomic E-state index is 0.766. The van der Waals surface area contributed by atoms with Crippen LogP contribution in [0.15, 0.2) is 106 Å². The summed E-state index contributed by atoms with van der Waals surface area (Å²) in [4.78, 5) is 8.85. The lowest BCUT2D eigenvalue weighted by atomic mass is 9.96. The number of hydrogen-bond donors (Lipinski definition) is 1. The molecule has 164 valence electrons. The molecule has 6 rings (SSSR count). The monoisotopic (exact) mass is 586 g/mol. The van der Waals surface area contributed by atoms with Crippen molar-refractivity contribution in [3.8, 4) is 33.9 Å². The fraction of sp³-hybridized carbons (Fsp3) is 0. The van der Waals surface area contributed by atoms with Crippen LogP contribution in [0.1, 0.15) is 0 Å². The van der Waals surface area contributed by atoms with Crippen LogP contribution in [0, 0.1) is 0 Å². The number of aromatic nitrogens is 2. The fourth-order valence-corrected chi connectivity index (χ4v) is 5.32. The molecule has 0 aliphatic carbocycles. The van der Waals surface area contributed by atoms with Crippen molar-refractivity contribution in [3.05, 3.63) is 111 Å². The van der Waals surface area contributed by atoms with Gasteiger partial charge in [0.15, 0.2) is 0 Å². The van der Waals surface area contributed by atoms with Crippen LogP contribution < -0.4 is 0 Å². The lowest BCUT2D eigenvalue weighted by Crippen LogP contribution is -1.89. The molecule has 0 spiro atoms. The van der Waals surface area contributed by atoms with E-state index in [4.69, 9.17) is 16.6 Å². The summed E-state index contributed by atoms with van der Waals surface area (Å²) >= 11 is 13.9. The number of fused-ring (bicyclic) bond motifs is 2. The van der Waals surface area contributed by atoms with Gasteiger partial charge in [-0.3, -0.25) is 0 Å². The molecule has 0 unspecified atom stereocenters. The second-order valence-electron chi connectivity index (χ2n) is 8.10. The molecule has 5 aromatic carbocycles. The molecule has 1 heterocycles. The van der Waals surface area contributed by atoms with E-state index in [-0.39, 0.29) is 0 Å². The van der Waals surface area contributed by atoms with Gasteiger partial charge in [-0.2, -0.15) is 0 Å². The third-order valence-corrected chi connectivity index (χ3v) is 7.52. The minimum atomic E-state index is 0.766. The second-order valence-corrected chi connectivity index (χ2v) is 10.3. The van der Waals surface area contributed by atoms with Crippen LogP contribution in [0.2, 0.25) is 5.02 Å². The van der Waals surface area contributed by atoms with E-state index in [0.29, 0.717) is 0 Å². The fourth-order valence-electron chi connectivity index (χ4n) is 4.46. The summed E-state index contributed by atoms with van der Waals surface area (Å²) in [5.74, 6) is 0.819. The summed E-state index contributed by atoms with van der Waals surface area (Å²) in [6.07, 6.45) is 0. The van der Waals surface area contributed by atoms with E-state index in [1.54, 1.807) is 0 Å². The highest BCUT2D eigenvalue weighted by Gasteiger charge is 2.20. The Labute approximate surface area is 218 Å². The van der Waals surface area contributed by atoms with E-state index in [9.17, 15) is 0 Å². The van der Waals surface area contributed by atoms with E-state index in [2.05, 4.69) is 85.4 Å². The highest BCUT2D eigenvalue weighted by Crippen LogP contribution is 2.42. The van der Waals surface area contributed by atoms with Crippen molar-refractivity contribution in [3.63, 3.8) is 0 Å². The molecule has 0 saturated carbocycles. The van der Waals surface area contributed by atoms with Crippen LogP contribution in [-0.4, -0.2) is 9.97 Å². The molecule has 0 bridgehead atoms. The Hall–Kier alpha value is -2.92. The first-order chi connectivity index (χ1) is 16.6. The smallest absolute Gasteiger partial charge is 0.139 e. The van der Waals surface area contributed by atoms with Crippen molar-refractivity contribution in [1.29, 1.82) is 0 Å². The number of nitrogens with zero attached hydrogens (tertiary/aromatic N) is 1. The molecule has 6 aromatic rings. The predicted molar refractivity (Wildman–Crippen MR) is 150 cm³/mol. The number of nitrogens with one attached hydrogen (secondary N) is 1. The molecular weight excluding hydrogens is 572 g/mol. The molecule has 1 N–H and O–H groups in total. The van der Waals surface area contributed by atoms with Crippen LogP contribution >= 0.6 is 43.5 Å². The maximum atomic E-state index is 6.85. The molecule has 1 aromatic heterocycles. The summed E-state index contributed by atoms with van der Waals surface area (Å²) in [6.45, 7) is 0. The molecule has 0 saturated heterocycles. The normalized spacial score (nSPS) is 11.4. The molecule has 0 aliphatic rings. The number of halogens is 3. The van der Waals surface area contributed by atoms with Crippen molar-refractivity contribution in [1.82, 2.24) is 9.97 Å². The SMILES string of the molecule is Clc1c2ccccc2c(-c2nc(-c3ccc(Br)cc3)c(-c3ccc(Br)cc3)[nH]2)c2ccccc12. The summed E-state index contributed by atoms with van der Waals surface area (Å²) < 4.78 is 2.07. The molecule has 0 fully saturated rings. The van der Waals surface area contributed by atoms with Crippen LogP contribution in [0.3, 0.4) is 0 Å². The number of benzene rings is 5. The number of rotatable bonds is 3. The van der Waals surface area contributed by atoms with Crippen LogP contribution in [-0.2, 0) is 0 Å². The van der Waals surface area contributed by atoms with Gasteiger partial charge in [0, 0.05) is 36.4 Å². The molecule has 0 aliphatic heterocycles. The van der Waals surface area contributed by atoms with E-state index >= 15 is 0 Å². The third-order valence-electron chi connectivity index (χ3n) is 6.06. The highest BCUT2D eigenvalue weighted by molar-refractivity contribution is 9.10. The largest absolute Gasteiger partial charge is 0.337 e. The zero-order valence-corrected chi connectivity index (χ0v) is 21.7. The van der Waals surface area contributed by atoms with Gasteiger partial charge in [0.05, 0.1) is 16.4 Å². The van der Waals surface area contributed by atoms with Crippen molar-refractivity contribution in [2.24, 2.45) is 0 Å². The van der Waals surface area contributed by atoms with Crippen LogP contribution in [0.5, 0.6) is 0 Å².